The van der Waals surface area contributed by atoms with E-state index in [1.807, 2.05) is 55.5 Å². The van der Waals surface area contributed by atoms with E-state index >= 15 is 0 Å². The van der Waals surface area contributed by atoms with Gasteiger partial charge in [-0.05, 0) is 31.5 Å². The van der Waals surface area contributed by atoms with E-state index in [1.54, 1.807) is 7.11 Å². The average Bonchev–Trinajstić information content (AvgIpc) is 2.62. The van der Waals surface area contributed by atoms with Crippen LogP contribution in [0.5, 0.6) is 5.75 Å². The van der Waals surface area contributed by atoms with Crippen molar-refractivity contribution in [1.29, 1.82) is 0 Å². The minimum atomic E-state index is 0.580. The van der Waals surface area contributed by atoms with Crippen LogP contribution >= 0.6 is 0 Å². The highest BCUT2D eigenvalue weighted by Gasteiger charge is 2.06. The summed E-state index contributed by atoms with van der Waals surface area (Å²) >= 11 is 0. The molecule has 1 aromatic heterocycles. The zero-order chi connectivity index (χ0) is 17.6. The molecule has 0 saturated carbocycles. The fourth-order valence-corrected chi connectivity index (χ4v) is 2.58. The zero-order valence-electron chi connectivity index (χ0n) is 14.7. The number of ether oxygens (including phenoxy) is 1. The first-order chi connectivity index (χ1) is 12.2. The number of aromatic nitrogens is 2. The van der Waals surface area contributed by atoms with Crippen LogP contribution in [0.4, 0.5) is 17.5 Å². The molecule has 1 heterocycles. The van der Waals surface area contributed by atoms with Gasteiger partial charge in [-0.25, -0.2) is 4.98 Å². The number of aryl methyl sites for hydroxylation is 2. The normalized spacial score (nSPS) is 10.4. The Morgan fingerprint density at radius 2 is 1.72 bits per heavy atom. The Labute approximate surface area is 148 Å². The van der Waals surface area contributed by atoms with Gasteiger partial charge in [0, 0.05) is 29.6 Å². The van der Waals surface area contributed by atoms with Crippen LogP contribution in [-0.2, 0) is 6.54 Å². The molecule has 0 radical (unpaired) electrons. The maximum Gasteiger partial charge on any atom is 0.229 e. The molecule has 0 aliphatic carbocycles. The van der Waals surface area contributed by atoms with Gasteiger partial charge < -0.3 is 15.4 Å². The van der Waals surface area contributed by atoms with Crippen LogP contribution in [-0.4, -0.2) is 17.1 Å². The van der Waals surface area contributed by atoms with E-state index in [1.165, 1.54) is 0 Å². The van der Waals surface area contributed by atoms with Crippen molar-refractivity contribution in [3.63, 3.8) is 0 Å². The molecule has 0 atom stereocenters. The highest BCUT2D eigenvalue weighted by atomic mass is 16.5. The first kappa shape index (κ1) is 16.8. The van der Waals surface area contributed by atoms with Gasteiger partial charge in [0.2, 0.25) is 5.95 Å². The summed E-state index contributed by atoms with van der Waals surface area (Å²) in [6.07, 6.45) is 0. The second-order valence-corrected chi connectivity index (χ2v) is 5.82. The Morgan fingerprint density at radius 1 is 0.960 bits per heavy atom. The molecule has 0 aliphatic heterocycles. The van der Waals surface area contributed by atoms with Crippen molar-refractivity contribution in [2.45, 2.75) is 20.4 Å². The lowest BCUT2D eigenvalue weighted by atomic mass is 10.2. The number of benzene rings is 2. The quantitative estimate of drug-likeness (QED) is 0.697. The van der Waals surface area contributed by atoms with Gasteiger partial charge in [-0.2, -0.15) is 4.98 Å². The Morgan fingerprint density at radius 3 is 2.52 bits per heavy atom. The summed E-state index contributed by atoms with van der Waals surface area (Å²) < 4.78 is 5.39. The number of hydrogen-bond donors (Lipinski definition) is 2. The first-order valence-electron chi connectivity index (χ1n) is 8.20. The smallest absolute Gasteiger partial charge is 0.229 e. The number of nitrogens with one attached hydrogen (secondary N) is 2. The van der Waals surface area contributed by atoms with Gasteiger partial charge in [-0.1, -0.05) is 36.4 Å². The maximum absolute atomic E-state index is 5.39. The van der Waals surface area contributed by atoms with Crippen molar-refractivity contribution in [3.8, 4) is 5.75 Å². The van der Waals surface area contributed by atoms with Crippen LogP contribution in [0.3, 0.4) is 0 Å². The van der Waals surface area contributed by atoms with E-state index < -0.39 is 0 Å². The third-order valence-corrected chi connectivity index (χ3v) is 3.90. The molecule has 3 rings (SSSR count). The lowest BCUT2D eigenvalue weighted by Crippen LogP contribution is -2.06. The molecule has 128 valence electrons. The minimum absolute atomic E-state index is 0.580. The van der Waals surface area contributed by atoms with Crippen LogP contribution < -0.4 is 15.4 Å². The summed E-state index contributed by atoms with van der Waals surface area (Å²) in [7, 11) is 1.68. The number of nitrogens with zero attached hydrogens (tertiary/aromatic N) is 2. The second kappa shape index (κ2) is 7.66. The van der Waals surface area contributed by atoms with Gasteiger partial charge in [0.05, 0.1) is 7.11 Å². The summed E-state index contributed by atoms with van der Waals surface area (Å²) in [4.78, 5) is 9.04. The maximum atomic E-state index is 5.39. The number of para-hydroxylation sites is 2. The van der Waals surface area contributed by atoms with Gasteiger partial charge in [0.25, 0.3) is 0 Å². The van der Waals surface area contributed by atoms with Crippen LogP contribution in [0.15, 0.2) is 54.6 Å². The summed E-state index contributed by atoms with van der Waals surface area (Å²) in [5, 5.41) is 6.63. The molecular formula is C20H22N4O. The molecule has 0 fully saturated rings. The number of hydrogen-bond acceptors (Lipinski definition) is 5. The van der Waals surface area contributed by atoms with Crippen molar-refractivity contribution in [2.24, 2.45) is 0 Å². The summed E-state index contributed by atoms with van der Waals surface area (Å²) in [5.74, 6) is 2.21. The van der Waals surface area contributed by atoms with Crippen molar-refractivity contribution in [3.05, 3.63) is 71.4 Å². The van der Waals surface area contributed by atoms with E-state index in [4.69, 9.17) is 4.74 Å². The van der Waals surface area contributed by atoms with E-state index in [0.29, 0.717) is 12.5 Å². The fourth-order valence-electron chi connectivity index (χ4n) is 2.58. The summed E-state index contributed by atoms with van der Waals surface area (Å²) in [5.41, 5.74) is 4.13. The first-order valence-corrected chi connectivity index (χ1v) is 8.20. The molecule has 0 saturated heterocycles. The third-order valence-electron chi connectivity index (χ3n) is 3.90. The molecule has 5 heteroatoms. The molecular weight excluding hydrogens is 312 g/mol. The van der Waals surface area contributed by atoms with E-state index in [-0.39, 0.29) is 0 Å². The predicted molar refractivity (Wildman–Crippen MR) is 102 cm³/mol. The Bertz CT molecular complexity index is 864. The predicted octanol–water partition coefficient (Wildman–Crippen LogP) is 4.46. The molecule has 0 unspecified atom stereocenters. The molecule has 2 N–H and O–H groups in total. The van der Waals surface area contributed by atoms with Gasteiger partial charge in [-0.15, -0.1) is 0 Å². The molecule has 3 aromatic rings. The number of anilines is 3. The van der Waals surface area contributed by atoms with E-state index in [9.17, 15) is 0 Å². The molecule has 0 bridgehead atoms. The fraction of sp³-hybridized carbons (Fsp3) is 0.200. The molecule has 5 nitrogen and oxygen atoms in total. The van der Waals surface area contributed by atoms with Crippen LogP contribution in [0.1, 0.15) is 16.8 Å². The van der Waals surface area contributed by atoms with E-state index in [0.717, 1.165) is 34.1 Å². The van der Waals surface area contributed by atoms with Gasteiger partial charge in [0.1, 0.15) is 11.6 Å². The Balaban J connectivity index is 1.76. The van der Waals surface area contributed by atoms with Crippen LogP contribution in [0.25, 0.3) is 0 Å². The summed E-state index contributed by atoms with van der Waals surface area (Å²) in [6.45, 7) is 4.64. The number of rotatable bonds is 6. The topological polar surface area (TPSA) is 59.1 Å². The molecule has 0 amide bonds. The molecule has 0 aliphatic rings. The van der Waals surface area contributed by atoms with Gasteiger partial charge >= 0.3 is 0 Å². The van der Waals surface area contributed by atoms with Crippen molar-refractivity contribution < 1.29 is 4.74 Å². The highest BCUT2D eigenvalue weighted by Crippen LogP contribution is 2.21. The van der Waals surface area contributed by atoms with Crippen molar-refractivity contribution in [2.75, 3.05) is 17.7 Å². The largest absolute Gasteiger partial charge is 0.496 e. The minimum Gasteiger partial charge on any atom is -0.496 e. The molecule has 2 aromatic carbocycles. The van der Waals surface area contributed by atoms with Crippen LogP contribution in [0.2, 0.25) is 0 Å². The third kappa shape index (κ3) is 4.26. The van der Waals surface area contributed by atoms with Crippen molar-refractivity contribution >= 4 is 17.5 Å². The lowest BCUT2D eigenvalue weighted by Gasteiger charge is -2.12. The summed E-state index contributed by atoms with van der Waals surface area (Å²) in [6, 6.07) is 17.9. The van der Waals surface area contributed by atoms with Crippen LogP contribution in [0, 0.1) is 13.8 Å². The Hall–Kier alpha value is -3.08. The molecule has 0 spiro atoms. The Kier molecular flexibility index (Phi) is 5.14. The lowest BCUT2D eigenvalue weighted by molar-refractivity contribution is 0.410. The second-order valence-electron chi connectivity index (χ2n) is 5.82. The van der Waals surface area contributed by atoms with E-state index in [2.05, 4.69) is 33.6 Å². The molecule has 25 heavy (non-hydrogen) atoms. The highest BCUT2D eigenvalue weighted by molar-refractivity contribution is 5.59. The van der Waals surface area contributed by atoms with Gasteiger partial charge in [-0.3, -0.25) is 0 Å². The monoisotopic (exact) mass is 334 g/mol. The van der Waals surface area contributed by atoms with Gasteiger partial charge in [0.15, 0.2) is 0 Å². The standard InChI is InChI=1S/C20H22N4O/c1-14-8-4-6-10-17(14)23-20-22-15(2)12-19(24-20)21-13-16-9-5-7-11-18(16)25-3/h4-12H,13H2,1-3H3,(H2,21,22,23,24). The SMILES string of the molecule is COc1ccccc1CNc1cc(C)nc(Nc2ccccc2C)n1. The average molecular weight is 334 g/mol. The van der Waals surface area contributed by atoms with Crippen molar-refractivity contribution in [1.82, 2.24) is 9.97 Å². The zero-order valence-corrected chi connectivity index (χ0v) is 14.7. The number of methoxy groups -OCH3 is 1.